The first-order valence-electron chi connectivity index (χ1n) is 15.6. The second-order valence-corrected chi connectivity index (χ2v) is 12.4. The Balaban J connectivity index is 1.35. The van der Waals surface area contributed by atoms with Gasteiger partial charge in [-0.25, -0.2) is 9.48 Å². The molecule has 1 aromatic heterocycles. The highest BCUT2D eigenvalue weighted by atomic mass is 16.5. The average molecular weight is 635 g/mol. The summed E-state index contributed by atoms with van der Waals surface area (Å²) in [6.07, 6.45) is -0.325. The highest BCUT2D eigenvalue weighted by Crippen LogP contribution is 2.33. The maximum absolute atomic E-state index is 13.4. The van der Waals surface area contributed by atoms with E-state index in [4.69, 9.17) is 20.3 Å². The molecule has 0 fully saturated rings. The van der Waals surface area contributed by atoms with Crippen LogP contribution in [0.4, 0.5) is 22.0 Å². The molecule has 5 aromatic rings. The highest BCUT2D eigenvalue weighted by molar-refractivity contribution is 6.07. The van der Waals surface area contributed by atoms with E-state index in [1.54, 1.807) is 4.68 Å². The van der Waals surface area contributed by atoms with E-state index in [-0.39, 0.29) is 12.0 Å². The fourth-order valence-corrected chi connectivity index (χ4v) is 5.11. The average Bonchev–Trinajstić information content (AvgIpc) is 3.48. The van der Waals surface area contributed by atoms with Crippen molar-refractivity contribution in [2.75, 3.05) is 23.1 Å². The molecule has 1 atom stereocenters. The normalized spacial score (nSPS) is 12.1. The minimum absolute atomic E-state index is 0.208. The number of hydrogen-bond acceptors (Lipinski definition) is 6. The number of carbonyl (C=O) groups is 2. The van der Waals surface area contributed by atoms with Crippen LogP contribution in [0.25, 0.3) is 16.5 Å². The van der Waals surface area contributed by atoms with Gasteiger partial charge in [0.1, 0.15) is 18.2 Å². The van der Waals surface area contributed by atoms with E-state index in [0.29, 0.717) is 22.9 Å². The van der Waals surface area contributed by atoms with E-state index in [1.165, 1.54) is 7.11 Å². The summed E-state index contributed by atoms with van der Waals surface area (Å²) in [5.74, 6) is 0.799. The van der Waals surface area contributed by atoms with Crippen LogP contribution in [0.2, 0.25) is 0 Å². The van der Waals surface area contributed by atoms with Gasteiger partial charge in [-0.1, -0.05) is 81.8 Å². The number of hydrogen-bond donors (Lipinski definition) is 4. The summed E-state index contributed by atoms with van der Waals surface area (Å²) in [4.78, 5) is 25.8. The van der Waals surface area contributed by atoms with Crippen LogP contribution in [0, 0.1) is 6.92 Å². The molecule has 244 valence electrons. The van der Waals surface area contributed by atoms with Crippen LogP contribution in [-0.2, 0) is 28.0 Å². The molecule has 0 aliphatic heterocycles. The Morgan fingerprint density at radius 2 is 1.62 bits per heavy atom. The van der Waals surface area contributed by atoms with Gasteiger partial charge in [-0.05, 0) is 54.8 Å². The molecule has 3 amide bonds. The van der Waals surface area contributed by atoms with Gasteiger partial charge < -0.3 is 20.1 Å². The van der Waals surface area contributed by atoms with Gasteiger partial charge in [0.05, 0.1) is 17.1 Å². The number of fused-ring (bicyclic) bond motifs is 1. The number of nitrogens with one attached hydrogen (secondary N) is 3. The Morgan fingerprint density at radius 3 is 2.30 bits per heavy atom. The zero-order valence-electron chi connectivity index (χ0n) is 27.7. The van der Waals surface area contributed by atoms with Crippen molar-refractivity contribution in [1.82, 2.24) is 9.78 Å². The fourth-order valence-electron chi connectivity index (χ4n) is 5.11. The molecule has 10 nitrogen and oxygen atoms in total. The number of aryl methyl sites for hydroxylation is 2. The van der Waals surface area contributed by atoms with Crippen LogP contribution in [0.5, 0.6) is 5.75 Å². The van der Waals surface area contributed by atoms with Gasteiger partial charge >= 0.3 is 6.03 Å². The zero-order valence-corrected chi connectivity index (χ0v) is 27.7. The SMILES string of the molecule is CCc1ccc(COc2ccc(NC(=O)Nc3cc(C(C)(C)C)nn3-c3ccc(C)cc3)c3ccccc23)cc1NC(=O)C(N)OC. The lowest BCUT2D eigenvalue weighted by atomic mass is 9.92. The molecule has 0 spiro atoms. The molecule has 0 saturated heterocycles. The van der Waals surface area contributed by atoms with Crippen molar-refractivity contribution >= 4 is 39.9 Å². The van der Waals surface area contributed by atoms with Gasteiger partial charge in [0.2, 0.25) is 0 Å². The van der Waals surface area contributed by atoms with Gasteiger partial charge in [-0.2, -0.15) is 5.10 Å². The number of ether oxygens (including phenoxy) is 2. The molecular formula is C37H42N6O4. The van der Waals surface area contributed by atoms with Gasteiger partial charge in [0, 0.05) is 35.1 Å². The van der Waals surface area contributed by atoms with Crippen LogP contribution in [-0.4, -0.2) is 35.1 Å². The van der Waals surface area contributed by atoms with Crippen LogP contribution in [0.3, 0.4) is 0 Å². The number of benzene rings is 4. The number of anilines is 3. The van der Waals surface area contributed by atoms with E-state index in [2.05, 4.69) is 36.7 Å². The van der Waals surface area contributed by atoms with Gasteiger partial charge in [0.15, 0.2) is 6.23 Å². The molecule has 0 radical (unpaired) electrons. The van der Waals surface area contributed by atoms with Crippen molar-refractivity contribution in [2.24, 2.45) is 5.73 Å². The maximum atomic E-state index is 13.4. The molecule has 10 heteroatoms. The predicted molar refractivity (Wildman–Crippen MR) is 187 cm³/mol. The quantitative estimate of drug-likeness (QED) is 0.119. The number of methoxy groups -OCH3 is 1. The van der Waals surface area contributed by atoms with Crippen molar-refractivity contribution in [3.63, 3.8) is 0 Å². The lowest BCUT2D eigenvalue weighted by Crippen LogP contribution is -2.37. The monoisotopic (exact) mass is 634 g/mol. The molecule has 5 N–H and O–H groups in total. The largest absolute Gasteiger partial charge is 0.488 e. The summed E-state index contributed by atoms with van der Waals surface area (Å²) in [5.41, 5.74) is 11.5. The van der Waals surface area contributed by atoms with Crippen LogP contribution >= 0.6 is 0 Å². The number of rotatable bonds is 10. The molecule has 0 aliphatic carbocycles. The second-order valence-electron chi connectivity index (χ2n) is 12.4. The minimum atomic E-state index is -1.06. The van der Waals surface area contributed by atoms with Crippen molar-refractivity contribution < 1.29 is 19.1 Å². The fraction of sp³-hybridized carbons (Fsp3) is 0.270. The Morgan fingerprint density at radius 1 is 0.894 bits per heavy atom. The van der Waals surface area contributed by atoms with Crippen molar-refractivity contribution in [1.29, 1.82) is 0 Å². The summed E-state index contributed by atoms with van der Waals surface area (Å²) in [7, 11) is 1.39. The number of urea groups is 1. The van der Waals surface area contributed by atoms with Crippen molar-refractivity contribution in [3.8, 4) is 11.4 Å². The standard InChI is InChI=1S/C37H42N6O4/c1-7-25-15-14-24(20-30(25)39-35(44)34(38)46-6)22-47-31-19-18-29(27-10-8-9-11-28(27)31)40-36(45)41-33-21-32(37(3,4)5)42-43(33)26-16-12-23(2)13-17-26/h8-21,34H,7,22,38H2,1-6H3,(H,39,44)(H2,40,41,45). The van der Waals surface area contributed by atoms with Gasteiger partial charge in [0.25, 0.3) is 5.91 Å². The zero-order chi connectivity index (χ0) is 33.7. The summed E-state index contributed by atoms with van der Waals surface area (Å²) in [6, 6.07) is 26.7. The van der Waals surface area contributed by atoms with Crippen LogP contribution < -0.4 is 26.4 Å². The third-order valence-electron chi connectivity index (χ3n) is 7.85. The third-order valence-corrected chi connectivity index (χ3v) is 7.85. The minimum Gasteiger partial charge on any atom is -0.488 e. The molecule has 0 aliphatic rings. The van der Waals surface area contributed by atoms with Crippen LogP contribution in [0.1, 0.15) is 50.1 Å². The van der Waals surface area contributed by atoms with E-state index in [1.807, 2.05) is 98.8 Å². The number of carbonyl (C=O) groups excluding carboxylic acids is 2. The Bertz CT molecular complexity index is 1890. The number of aromatic nitrogens is 2. The summed E-state index contributed by atoms with van der Waals surface area (Å²) >= 11 is 0. The topological polar surface area (TPSA) is 133 Å². The first-order chi connectivity index (χ1) is 22.5. The van der Waals surface area contributed by atoms with E-state index in [9.17, 15) is 9.59 Å². The number of nitrogens with zero attached hydrogens (tertiary/aromatic N) is 2. The van der Waals surface area contributed by atoms with E-state index in [0.717, 1.165) is 45.3 Å². The smallest absolute Gasteiger partial charge is 0.324 e. The Labute approximate surface area is 275 Å². The lowest BCUT2D eigenvalue weighted by molar-refractivity contribution is -0.125. The first-order valence-corrected chi connectivity index (χ1v) is 15.6. The molecule has 1 unspecified atom stereocenters. The molecule has 47 heavy (non-hydrogen) atoms. The first kappa shape index (κ1) is 33.2. The molecular weight excluding hydrogens is 592 g/mol. The Kier molecular flexibility index (Phi) is 9.93. The third kappa shape index (κ3) is 7.79. The van der Waals surface area contributed by atoms with Crippen LogP contribution in [0.15, 0.2) is 84.9 Å². The highest BCUT2D eigenvalue weighted by Gasteiger charge is 2.22. The molecule has 0 bridgehead atoms. The summed E-state index contributed by atoms with van der Waals surface area (Å²) < 4.78 is 13.0. The summed E-state index contributed by atoms with van der Waals surface area (Å²) in [6.45, 7) is 10.6. The molecule has 4 aromatic carbocycles. The molecule has 5 rings (SSSR count). The van der Waals surface area contributed by atoms with Gasteiger partial charge in [-0.15, -0.1) is 0 Å². The van der Waals surface area contributed by atoms with Gasteiger partial charge in [-0.3, -0.25) is 15.8 Å². The summed E-state index contributed by atoms with van der Waals surface area (Å²) in [5, 5.41) is 15.4. The van der Waals surface area contributed by atoms with E-state index >= 15 is 0 Å². The Hall–Kier alpha value is -5.19. The second kappa shape index (κ2) is 14.1. The molecule has 0 saturated carbocycles. The predicted octanol–water partition coefficient (Wildman–Crippen LogP) is 7.29. The van der Waals surface area contributed by atoms with Crippen molar-refractivity contribution in [3.05, 3.63) is 107 Å². The van der Waals surface area contributed by atoms with E-state index < -0.39 is 18.2 Å². The molecule has 1 heterocycles. The lowest BCUT2D eigenvalue weighted by Gasteiger charge is -2.16. The number of amides is 3. The maximum Gasteiger partial charge on any atom is 0.324 e. The number of nitrogens with two attached hydrogens (primary N) is 1. The van der Waals surface area contributed by atoms with Crippen molar-refractivity contribution in [2.45, 2.75) is 59.3 Å².